The molecule has 4 saturated carbocycles. The summed E-state index contributed by atoms with van der Waals surface area (Å²) in [7, 11) is 0. The second-order valence-electron chi connectivity index (χ2n) is 13.7. The van der Waals surface area contributed by atoms with E-state index >= 15 is 0 Å². The molecule has 4 aliphatic carbocycles. The van der Waals surface area contributed by atoms with Crippen LogP contribution < -0.4 is 16.0 Å². The monoisotopic (exact) mass is 598 g/mol. The van der Waals surface area contributed by atoms with Gasteiger partial charge >= 0.3 is 6.09 Å². The largest absolute Gasteiger partial charge is 0.446 e. The number of hydrogen-bond acceptors (Lipinski definition) is 4. The summed E-state index contributed by atoms with van der Waals surface area (Å²) in [5.41, 5.74) is 1.66. The number of hydrogen-bond donors (Lipinski definition) is 4. The molecule has 44 heavy (non-hydrogen) atoms. The van der Waals surface area contributed by atoms with Crippen molar-refractivity contribution in [2.45, 2.75) is 89.3 Å². The standard InChI is InChI=1S/C36H46N4O4/c1-3-9-32(41)38-22-29(19-23-10-5-4-6-11-23)39-34(42)36(2,20-28-21-37-31-13-8-7-12-30(28)31)40-35(43)44-33-26-15-24-14-25(17-26)18-27(33)16-24/h4-8,10-13,21,24-27,29,33,37H,3,9,14-20,22H2,1-2H3,(H,38,41)(H,39,42)(H,40,43)/t24?,25?,26?,27?,29-,33?,36+/m1/s1. The second-order valence-corrected chi connectivity index (χ2v) is 13.7. The van der Waals surface area contributed by atoms with Gasteiger partial charge in [-0.3, -0.25) is 9.59 Å². The van der Waals surface area contributed by atoms with Crippen LogP contribution in [0.5, 0.6) is 0 Å². The van der Waals surface area contributed by atoms with Crippen LogP contribution in [0.3, 0.4) is 0 Å². The van der Waals surface area contributed by atoms with E-state index in [0.29, 0.717) is 31.2 Å². The lowest BCUT2D eigenvalue weighted by molar-refractivity contribution is -0.129. The maximum absolute atomic E-state index is 14.3. The van der Waals surface area contributed by atoms with Crippen LogP contribution in [0.2, 0.25) is 0 Å². The van der Waals surface area contributed by atoms with E-state index in [4.69, 9.17) is 4.74 Å². The molecule has 2 aromatic carbocycles. The molecule has 2 atom stereocenters. The number of carbonyl (C=O) groups is 3. The number of nitrogens with one attached hydrogen (secondary N) is 4. The molecular weight excluding hydrogens is 552 g/mol. The molecule has 7 rings (SSSR count). The second kappa shape index (κ2) is 13.0. The van der Waals surface area contributed by atoms with Crippen LogP contribution in [0.25, 0.3) is 10.9 Å². The van der Waals surface area contributed by atoms with Crippen LogP contribution in [0.1, 0.15) is 69.9 Å². The van der Waals surface area contributed by atoms with Crippen LogP contribution >= 0.6 is 0 Å². The quantitative estimate of drug-likeness (QED) is 0.215. The average molecular weight is 599 g/mol. The summed E-state index contributed by atoms with van der Waals surface area (Å²) in [6.45, 7) is 4.03. The number of H-pyrrole nitrogens is 1. The van der Waals surface area contributed by atoms with Gasteiger partial charge in [-0.15, -0.1) is 0 Å². The van der Waals surface area contributed by atoms with E-state index in [-0.39, 0.29) is 30.4 Å². The molecule has 0 unspecified atom stereocenters. The van der Waals surface area contributed by atoms with Gasteiger partial charge in [-0.2, -0.15) is 0 Å². The molecule has 0 aliphatic heterocycles. The molecule has 8 nitrogen and oxygen atoms in total. The summed E-state index contributed by atoms with van der Waals surface area (Å²) >= 11 is 0. The van der Waals surface area contributed by atoms with E-state index in [0.717, 1.165) is 66.0 Å². The number of para-hydroxylation sites is 1. The Kier molecular flexibility index (Phi) is 8.96. The molecule has 1 aromatic heterocycles. The summed E-state index contributed by atoms with van der Waals surface area (Å²) < 4.78 is 6.19. The summed E-state index contributed by atoms with van der Waals surface area (Å²) in [6.07, 6.45) is 9.20. The number of aromatic nitrogens is 1. The van der Waals surface area contributed by atoms with Gasteiger partial charge in [-0.1, -0.05) is 55.5 Å². The third-order valence-corrected chi connectivity index (χ3v) is 10.2. The van der Waals surface area contributed by atoms with Gasteiger partial charge in [0.05, 0.1) is 6.04 Å². The Bertz CT molecular complexity index is 1440. The average Bonchev–Trinajstić information content (AvgIpc) is 3.40. The SMILES string of the molecule is CCCC(=O)NC[C@@H](Cc1ccccc1)NC(=O)[C@](C)(Cc1c[nH]c2ccccc12)NC(=O)OC1C2CC3CC(C2)CC1C3. The van der Waals surface area contributed by atoms with Crippen molar-refractivity contribution in [3.63, 3.8) is 0 Å². The van der Waals surface area contributed by atoms with Gasteiger partial charge in [-0.25, -0.2) is 4.79 Å². The Morgan fingerprint density at radius 1 is 0.955 bits per heavy atom. The highest BCUT2D eigenvalue weighted by atomic mass is 16.6. The zero-order chi connectivity index (χ0) is 30.7. The van der Waals surface area contributed by atoms with Crippen LogP contribution in [0.4, 0.5) is 4.79 Å². The molecule has 8 heteroatoms. The number of aromatic amines is 1. The van der Waals surface area contributed by atoms with Crippen molar-refractivity contribution >= 4 is 28.8 Å². The van der Waals surface area contributed by atoms with Crippen molar-refractivity contribution in [2.75, 3.05) is 6.54 Å². The smallest absolute Gasteiger partial charge is 0.408 e. The number of amides is 3. The molecule has 3 aromatic rings. The predicted molar refractivity (Wildman–Crippen MR) is 171 cm³/mol. The zero-order valence-electron chi connectivity index (χ0n) is 25.9. The van der Waals surface area contributed by atoms with Gasteiger partial charge in [-0.05, 0) is 92.7 Å². The lowest BCUT2D eigenvalue weighted by Crippen LogP contribution is -2.62. The normalized spacial score (nSPS) is 25.6. The third kappa shape index (κ3) is 6.79. The Hall–Kier alpha value is -3.81. The first-order chi connectivity index (χ1) is 21.3. The summed E-state index contributed by atoms with van der Waals surface area (Å²) in [6, 6.07) is 17.5. The Morgan fingerprint density at radius 2 is 1.64 bits per heavy atom. The molecule has 0 spiro atoms. The molecule has 1 heterocycles. The maximum Gasteiger partial charge on any atom is 0.408 e. The molecule has 234 valence electrons. The highest BCUT2D eigenvalue weighted by molar-refractivity contribution is 5.92. The third-order valence-electron chi connectivity index (χ3n) is 10.2. The highest BCUT2D eigenvalue weighted by Gasteiger charge is 2.50. The molecule has 4 bridgehead atoms. The topological polar surface area (TPSA) is 112 Å². The number of fused-ring (bicyclic) bond motifs is 1. The minimum atomic E-state index is -1.30. The Labute approximate surface area is 260 Å². The summed E-state index contributed by atoms with van der Waals surface area (Å²) in [5.74, 6) is 2.05. The van der Waals surface area contributed by atoms with E-state index in [2.05, 4.69) is 20.9 Å². The minimum absolute atomic E-state index is 0.0428. The summed E-state index contributed by atoms with van der Waals surface area (Å²) in [4.78, 5) is 43.6. The van der Waals surface area contributed by atoms with Crippen molar-refractivity contribution in [1.82, 2.24) is 20.9 Å². The first-order valence-electron chi connectivity index (χ1n) is 16.4. The molecule has 4 N–H and O–H groups in total. The van der Waals surface area contributed by atoms with Crippen LogP contribution in [0.15, 0.2) is 60.8 Å². The van der Waals surface area contributed by atoms with Gasteiger partial charge in [0.25, 0.3) is 0 Å². The Balaban J connectivity index is 1.21. The van der Waals surface area contributed by atoms with Crippen molar-refractivity contribution in [3.8, 4) is 0 Å². The maximum atomic E-state index is 14.3. The fourth-order valence-electron chi connectivity index (χ4n) is 8.26. The van der Waals surface area contributed by atoms with Crippen LogP contribution in [-0.2, 0) is 27.2 Å². The van der Waals surface area contributed by atoms with Crippen LogP contribution in [-0.4, -0.2) is 47.1 Å². The van der Waals surface area contributed by atoms with Crippen molar-refractivity contribution in [1.29, 1.82) is 0 Å². The number of benzene rings is 2. The number of alkyl carbamates (subject to hydrolysis) is 1. The van der Waals surface area contributed by atoms with E-state index in [1.807, 2.05) is 67.7 Å². The van der Waals surface area contributed by atoms with Crippen molar-refractivity contribution in [2.24, 2.45) is 23.7 Å². The first kappa shape index (κ1) is 30.2. The van der Waals surface area contributed by atoms with E-state index in [1.165, 1.54) is 6.42 Å². The van der Waals surface area contributed by atoms with Crippen molar-refractivity contribution in [3.05, 3.63) is 71.9 Å². The fraction of sp³-hybridized carbons (Fsp3) is 0.528. The molecule has 0 saturated heterocycles. The molecule has 4 fully saturated rings. The molecule has 4 aliphatic rings. The zero-order valence-corrected chi connectivity index (χ0v) is 25.9. The van der Waals surface area contributed by atoms with Gasteiger partial charge in [0.1, 0.15) is 11.6 Å². The van der Waals surface area contributed by atoms with Gasteiger partial charge in [0.15, 0.2) is 0 Å². The lowest BCUT2D eigenvalue weighted by Gasteiger charge is -2.53. The van der Waals surface area contributed by atoms with Crippen molar-refractivity contribution < 1.29 is 19.1 Å². The first-order valence-corrected chi connectivity index (χ1v) is 16.4. The van der Waals surface area contributed by atoms with E-state index in [9.17, 15) is 14.4 Å². The van der Waals surface area contributed by atoms with Crippen LogP contribution in [0, 0.1) is 23.7 Å². The van der Waals surface area contributed by atoms with Gasteiger partial charge < -0.3 is 25.7 Å². The van der Waals surface area contributed by atoms with E-state index < -0.39 is 11.6 Å². The summed E-state index contributed by atoms with van der Waals surface area (Å²) in [5, 5.41) is 10.2. The van der Waals surface area contributed by atoms with E-state index in [1.54, 1.807) is 6.92 Å². The fourth-order valence-corrected chi connectivity index (χ4v) is 8.26. The molecular formula is C36H46N4O4. The van der Waals surface area contributed by atoms with Gasteiger partial charge in [0.2, 0.25) is 11.8 Å². The molecule has 0 radical (unpaired) electrons. The minimum Gasteiger partial charge on any atom is -0.446 e. The highest BCUT2D eigenvalue weighted by Crippen LogP contribution is 2.54. The molecule has 3 amide bonds. The number of rotatable bonds is 12. The number of carbonyl (C=O) groups excluding carboxylic acids is 3. The Morgan fingerprint density at radius 3 is 2.34 bits per heavy atom. The number of ether oxygens (including phenoxy) is 1. The van der Waals surface area contributed by atoms with Gasteiger partial charge in [0, 0.05) is 36.5 Å². The predicted octanol–water partition coefficient (Wildman–Crippen LogP) is 5.66. The lowest BCUT2D eigenvalue weighted by atomic mass is 9.55.